The lowest BCUT2D eigenvalue weighted by atomic mass is 10.3. The van der Waals surface area contributed by atoms with Gasteiger partial charge in [-0.1, -0.05) is 25.6 Å². The van der Waals surface area contributed by atoms with Crippen LogP contribution in [-0.4, -0.2) is 24.4 Å². The lowest BCUT2D eigenvalue weighted by Crippen LogP contribution is -2.27. The van der Waals surface area contributed by atoms with E-state index >= 15 is 0 Å². The number of aromatic nitrogens is 1. The highest BCUT2D eigenvalue weighted by Gasteiger charge is 2.38. The normalized spacial score (nSPS) is 22.7. The maximum Gasteiger partial charge on any atom is 0.242 e. The van der Waals surface area contributed by atoms with E-state index < -0.39 is 10.0 Å². The molecule has 1 fully saturated rings. The lowest BCUT2D eigenvalue weighted by molar-refractivity contribution is 0.575. The Labute approximate surface area is 112 Å². The molecule has 2 unspecified atom stereocenters. The first-order valence-electron chi connectivity index (χ1n) is 5.72. The molecule has 1 heterocycles. The molecule has 98 valence electrons. The van der Waals surface area contributed by atoms with E-state index in [1.54, 1.807) is 0 Å². The minimum Gasteiger partial charge on any atom is -0.388 e. The van der Waals surface area contributed by atoms with Crippen molar-refractivity contribution in [3.63, 3.8) is 0 Å². The Balaban J connectivity index is 2.12. The SMILES string of the molecule is CCC1CC1NS(=O)(=O)c1ccc(C(N)=S)nc1. The van der Waals surface area contributed by atoms with Crippen LogP contribution in [0, 0.1) is 5.92 Å². The van der Waals surface area contributed by atoms with Gasteiger partial charge in [0.2, 0.25) is 10.0 Å². The molecule has 0 bridgehead atoms. The third-order valence-corrected chi connectivity index (χ3v) is 4.74. The fraction of sp³-hybridized carbons (Fsp3) is 0.455. The number of thiocarbonyl (C=S) groups is 1. The van der Waals surface area contributed by atoms with Crippen molar-refractivity contribution in [2.45, 2.75) is 30.7 Å². The molecule has 1 aliphatic rings. The molecular weight excluding hydrogens is 270 g/mol. The first-order valence-corrected chi connectivity index (χ1v) is 7.61. The Morgan fingerprint density at radius 2 is 2.33 bits per heavy atom. The summed E-state index contributed by atoms with van der Waals surface area (Å²) in [5, 5.41) is 0. The molecule has 1 aliphatic carbocycles. The van der Waals surface area contributed by atoms with E-state index in [0.29, 0.717) is 11.6 Å². The Morgan fingerprint density at radius 3 is 2.78 bits per heavy atom. The van der Waals surface area contributed by atoms with Gasteiger partial charge >= 0.3 is 0 Å². The summed E-state index contributed by atoms with van der Waals surface area (Å²) in [6.07, 6.45) is 3.18. The monoisotopic (exact) mass is 285 g/mol. The number of nitrogens with two attached hydrogens (primary N) is 1. The maximum absolute atomic E-state index is 12.0. The predicted molar refractivity (Wildman–Crippen MR) is 72.6 cm³/mol. The van der Waals surface area contributed by atoms with Crippen LogP contribution in [0.15, 0.2) is 23.2 Å². The van der Waals surface area contributed by atoms with E-state index in [2.05, 4.69) is 16.6 Å². The van der Waals surface area contributed by atoms with Gasteiger partial charge in [0.15, 0.2) is 0 Å². The molecular formula is C11H15N3O2S2. The maximum atomic E-state index is 12.0. The van der Waals surface area contributed by atoms with E-state index in [1.165, 1.54) is 18.3 Å². The Morgan fingerprint density at radius 1 is 1.61 bits per heavy atom. The molecule has 1 aromatic heterocycles. The second-order valence-corrected chi connectivity index (χ2v) is 6.53. The smallest absolute Gasteiger partial charge is 0.242 e. The van der Waals surface area contributed by atoms with E-state index in [0.717, 1.165) is 12.8 Å². The van der Waals surface area contributed by atoms with Crippen molar-refractivity contribution >= 4 is 27.2 Å². The van der Waals surface area contributed by atoms with Crippen molar-refractivity contribution in [1.29, 1.82) is 0 Å². The highest BCUT2D eigenvalue weighted by molar-refractivity contribution is 7.89. The fourth-order valence-electron chi connectivity index (χ4n) is 1.80. The van der Waals surface area contributed by atoms with Crippen LogP contribution in [0.25, 0.3) is 0 Å². The summed E-state index contributed by atoms with van der Waals surface area (Å²) in [4.78, 5) is 4.22. The highest BCUT2D eigenvalue weighted by atomic mass is 32.2. The Kier molecular flexibility index (Phi) is 3.65. The third-order valence-electron chi connectivity index (χ3n) is 3.05. The highest BCUT2D eigenvalue weighted by Crippen LogP contribution is 2.34. The van der Waals surface area contributed by atoms with Gasteiger partial charge in [-0.2, -0.15) is 0 Å². The molecule has 18 heavy (non-hydrogen) atoms. The van der Waals surface area contributed by atoms with Crippen LogP contribution < -0.4 is 10.5 Å². The second-order valence-electron chi connectivity index (χ2n) is 4.38. The van der Waals surface area contributed by atoms with Crippen LogP contribution in [-0.2, 0) is 10.0 Å². The van der Waals surface area contributed by atoms with Crippen LogP contribution in [0.3, 0.4) is 0 Å². The largest absolute Gasteiger partial charge is 0.388 e. The summed E-state index contributed by atoms with van der Waals surface area (Å²) < 4.78 is 26.7. The molecule has 0 radical (unpaired) electrons. The number of pyridine rings is 1. The minimum atomic E-state index is -3.48. The molecule has 5 nitrogen and oxygen atoms in total. The van der Waals surface area contributed by atoms with Gasteiger partial charge in [-0.05, 0) is 24.5 Å². The van der Waals surface area contributed by atoms with Crippen molar-refractivity contribution in [1.82, 2.24) is 9.71 Å². The van der Waals surface area contributed by atoms with E-state index in [4.69, 9.17) is 18.0 Å². The Hall–Kier alpha value is -1.05. The number of sulfonamides is 1. The first-order chi connectivity index (χ1) is 8.44. The zero-order chi connectivity index (χ0) is 13.3. The molecule has 2 rings (SSSR count). The topological polar surface area (TPSA) is 85.1 Å². The summed E-state index contributed by atoms with van der Waals surface area (Å²) in [7, 11) is -3.48. The summed E-state index contributed by atoms with van der Waals surface area (Å²) in [5.41, 5.74) is 5.82. The molecule has 0 aromatic carbocycles. The zero-order valence-electron chi connectivity index (χ0n) is 9.96. The van der Waals surface area contributed by atoms with Crippen LogP contribution in [0.4, 0.5) is 0 Å². The number of hydrogen-bond acceptors (Lipinski definition) is 4. The van der Waals surface area contributed by atoms with Gasteiger partial charge in [0.05, 0.1) is 5.69 Å². The van der Waals surface area contributed by atoms with Crippen LogP contribution in [0.5, 0.6) is 0 Å². The van der Waals surface area contributed by atoms with Gasteiger partial charge in [0.25, 0.3) is 0 Å². The average molecular weight is 285 g/mol. The van der Waals surface area contributed by atoms with Crippen LogP contribution >= 0.6 is 12.2 Å². The van der Waals surface area contributed by atoms with Gasteiger partial charge in [0.1, 0.15) is 9.88 Å². The van der Waals surface area contributed by atoms with Crippen LogP contribution in [0.1, 0.15) is 25.5 Å². The number of nitrogens with zero attached hydrogens (tertiary/aromatic N) is 1. The second kappa shape index (κ2) is 4.91. The van der Waals surface area contributed by atoms with Crippen molar-refractivity contribution < 1.29 is 8.42 Å². The van der Waals surface area contributed by atoms with Crippen molar-refractivity contribution in [3.05, 3.63) is 24.0 Å². The number of hydrogen-bond donors (Lipinski definition) is 2. The molecule has 7 heteroatoms. The van der Waals surface area contributed by atoms with Crippen molar-refractivity contribution in [2.24, 2.45) is 11.7 Å². The van der Waals surface area contributed by atoms with Gasteiger partial charge in [-0.25, -0.2) is 13.1 Å². The van der Waals surface area contributed by atoms with Gasteiger partial charge in [0, 0.05) is 12.2 Å². The third kappa shape index (κ3) is 2.85. The molecule has 0 aliphatic heterocycles. The standard InChI is InChI=1S/C11H15N3O2S2/c1-2-7-5-10(7)14-18(15,16)8-3-4-9(11(12)17)13-6-8/h3-4,6-7,10,14H,2,5H2,1H3,(H2,12,17). The summed E-state index contributed by atoms with van der Waals surface area (Å²) >= 11 is 4.76. The van der Waals surface area contributed by atoms with Gasteiger partial charge in [-0.15, -0.1) is 0 Å². The molecule has 0 saturated heterocycles. The lowest BCUT2D eigenvalue weighted by Gasteiger charge is -2.06. The predicted octanol–water partition coefficient (Wildman–Crippen LogP) is 0.793. The van der Waals surface area contributed by atoms with E-state index in [-0.39, 0.29) is 15.9 Å². The summed E-state index contributed by atoms with van der Waals surface area (Å²) in [5.74, 6) is 0.462. The van der Waals surface area contributed by atoms with E-state index in [1.807, 2.05) is 0 Å². The number of nitrogens with one attached hydrogen (secondary N) is 1. The fourth-order valence-corrected chi connectivity index (χ4v) is 3.18. The quantitative estimate of drug-likeness (QED) is 0.781. The Bertz CT molecular complexity index is 554. The molecule has 1 aromatic rings. The summed E-state index contributed by atoms with van der Waals surface area (Å²) in [6, 6.07) is 3.05. The first kappa shape index (κ1) is 13.4. The van der Waals surface area contributed by atoms with Gasteiger partial charge in [-0.3, -0.25) is 4.98 Å². The van der Waals surface area contributed by atoms with E-state index in [9.17, 15) is 8.42 Å². The average Bonchev–Trinajstić information content (AvgIpc) is 3.06. The van der Waals surface area contributed by atoms with Crippen molar-refractivity contribution in [3.8, 4) is 0 Å². The summed E-state index contributed by atoms with van der Waals surface area (Å²) in [6.45, 7) is 2.05. The molecule has 0 amide bonds. The molecule has 2 atom stereocenters. The molecule has 1 saturated carbocycles. The minimum absolute atomic E-state index is 0.0651. The van der Waals surface area contributed by atoms with Crippen molar-refractivity contribution in [2.75, 3.05) is 0 Å². The van der Waals surface area contributed by atoms with Gasteiger partial charge < -0.3 is 5.73 Å². The van der Waals surface area contributed by atoms with Crippen LogP contribution in [0.2, 0.25) is 0 Å². The molecule has 0 spiro atoms. The molecule has 3 N–H and O–H groups in total. The number of rotatable bonds is 5. The zero-order valence-corrected chi connectivity index (χ0v) is 11.6.